The van der Waals surface area contributed by atoms with Gasteiger partial charge in [0.25, 0.3) is 0 Å². The highest BCUT2D eigenvalue weighted by Gasteiger charge is 2.15. The third-order valence-corrected chi connectivity index (χ3v) is 3.47. The highest BCUT2D eigenvalue weighted by atomic mass is 32.2. The summed E-state index contributed by atoms with van der Waals surface area (Å²) in [4.78, 5) is 11.6. The largest absolute Gasteiger partial charge is 0.351 e. The normalized spacial score (nSPS) is 17.2. The van der Waals surface area contributed by atoms with Crippen molar-refractivity contribution in [3.05, 3.63) is 11.1 Å². The van der Waals surface area contributed by atoms with Gasteiger partial charge in [0.2, 0.25) is 5.91 Å². The molecular formula is C10H18N2OS. The first-order valence-electron chi connectivity index (χ1n) is 4.85. The fourth-order valence-corrected chi connectivity index (χ4v) is 1.38. The highest BCUT2D eigenvalue weighted by molar-refractivity contribution is 7.99. The summed E-state index contributed by atoms with van der Waals surface area (Å²) in [5.74, 6) is 0.0856. The molecule has 0 radical (unpaired) electrons. The highest BCUT2D eigenvalue weighted by Crippen LogP contribution is 2.09. The molecule has 0 aromatic rings. The summed E-state index contributed by atoms with van der Waals surface area (Å²) in [5.41, 5.74) is 2.12. The first-order valence-corrected chi connectivity index (χ1v) is 6.14. The molecule has 0 spiro atoms. The SMILES string of the molecule is CSC(C)CNC(=O)C(C)=C1CNC1. The van der Waals surface area contributed by atoms with Crippen molar-refractivity contribution >= 4 is 17.7 Å². The molecule has 1 aliphatic rings. The van der Waals surface area contributed by atoms with E-state index in [4.69, 9.17) is 0 Å². The van der Waals surface area contributed by atoms with Crippen LogP contribution in [0.2, 0.25) is 0 Å². The first kappa shape index (κ1) is 11.6. The Hall–Kier alpha value is -0.480. The van der Waals surface area contributed by atoms with Crippen molar-refractivity contribution in [3.8, 4) is 0 Å². The van der Waals surface area contributed by atoms with Crippen molar-refractivity contribution in [2.75, 3.05) is 25.9 Å². The van der Waals surface area contributed by atoms with Crippen LogP contribution in [0.25, 0.3) is 0 Å². The summed E-state index contributed by atoms with van der Waals surface area (Å²) in [5, 5.41) is 6.55. The lowest BCUT2D eigenvalue weighted by molar-refractivity contribution is -0.117. The van der Waals surface area contributed by atoms with E-state index in [2.05, 4.69) is 23.8 Å². The van der Waals surface area contributed by atoms with Crippen LogP contribution in [0.1, 0.15) is 13.8 Å². The summed E-state index contributed by atoms with van der Waals surface area (Å²) in [6.07, 6.45) is 2.05. The number of thioether (sulfide) groups is 1. The van der Waals surface area contributed by atoms with Crippen LogP contribution in [0.4, 0.5) is 0 Å². The van der Waals surface area contributed by atoms with Crippen LogP contribution in [0.3, 0.4) is 0 Å². The molecule has 1 fully saturated rings. The molecule has 0 aromatic heterocycles. The monoisotopic (exact) mass is 214 g/mol. The minimum Gasteiger partial charge on any atom is -0.351 e. The second-order valence-electron chi connectivity index (χ2n) is 3.59. The lowest BCUT2D eigenvalue weighted by atomic mass is 10.0. The number of hydrogen-bond acceptors (Lipinski definition) is 3. The van der Waals surface area contributed by atoms with Gasteiger partial charge in [0.15, 0.2) is 0 Å². The molecule has 1 saturated heterocycles. The van der Waals surface area contributed by atoms with Gasteiger partial charge in [-0.15, -0.1) is 0 Å². The average Bonchev–Trinajstić information content (AvgIpc) is 2.10. The zero-order chi connectivity index (χ0) is 10.6. The molecule has 1 unspecified atom stereocenters. The summed E-state index contributed by atoms with van der Waals surface area (Å²) >= 11 is 1.76. The topological polar surface area (TPSA) is 41.1 Å². The predicted molar refractivity (Wildman–Crippen MR) is 61.6 cm³/mol. The average molecular weight is 214 g/mol. The molecule has 3 nitrogen and oxygen atoms in total. The zero-order valence-electron chi connectivity index (χ0n) is 9.02. The molecule has 1 amide bonds. The van der Waals surface area contributed by atoms with Gasteiger partial charge in [-0.1, -0.05) is 6.92 Å². The first-order chi connectivity index (χ1) is 6.65. The smallest absolute Gasteiger partial charge is 0.247 e. The lowest BCUT2D eigenvalue weighted by Gasteiger charge is -2.21. The zero-order valence-corrected chi connectivity index (χ0v) is 9.83. The number of carbonyl (C=O) groups excluding carboxylic acids is 1. The Kier molecular flexibility index (Phi) is 4.48. The van der Waals surface area contributed by atoms with Gasteiger partial charge in [-0.05, 0) is 18.8 Å². The number of carbonyl (C=O) groups is 1. The molecule has 80 valence electrons. The summed E-state index contributed by atoms with van der Waals surface area (Å²) in [6, 6.07) is 0. The third-order valence-electron chi connectivity index (χ3n) is 2.50. The van der Waals surface area contributed by atoms with Gasteiger partial charge >= 0.3 is 0 Å². The summed E-state index contributed by atoms with van der Waals surface area (Å²) in [6.45, 7) is 6.50. The Morgan fingerprint density at radius 3 is 2.71 bits per heavy atom. The molecular weight excluding hydrogens is 196 g/mol. The maximum atomic E-state index is 11.6. The minimum atomic E-state index is 0.0856. The van der Waals surface area contributed by atoms with Gasteiger partial charge in [0.1, 0.15) is 0 Å². The van der Waals surface area contributed by atoms with E-state index in [0.29, 0.717) is 5.25 Å². The molecule has 0 bridgehead atoms. The van der Waals surface area contributed by atoms with Gasteiger partial charge in [-0.25, -0.2) is 0 Å². The van der Waals surface area contributed by atoms with Crippen LogP contribution in [0, 0.1) is 0 Å². The van der Waals surface area contributed by atoms with Crippen molar-refractivity contribution in [2.45, 2.75) is 19.1 Å². The summed E-state index contributed by atoms with van der Waals surface area (Å²) < 4.78 is 0. The van der Waals surface area contributed by atoms with Crippen molar-refractivity contribution in [1.82, 2.24) is 10.6 Å². The molecule has 14 heavy (non-hydrogen) atoms. The van der Waals surface area contributed by atoms with Gasteiger partial charge in [-0.3, -0.25) is 4.79 Å². The van der Waals surface area contributed by atoms with Crippen LogP contribution in [0.5, 0.6) is 0 Å². The van der Waals surface area contributed by atoms with Crippen molar-refractivity contribution in [1.29, 1.82) is 0 Å². The molecule has 0 aromatic carbocycles. The van der Waals surface area contributed by atoms with E-state index in [0.717, 1.165) is 25.2 Å². The Morgan fingerprint density at radius 1 is 1.64 bits per heavy atom. The van der Waals surface area contributed by atoms with E-state index < -0.39 is 0 Å². The second kappa shape index (κ2) is 5.41. The Morgan fingerprint density at radius 2 is 2.29 bits per heavy atom. The van der Waals surface area contributed by atoms with Gasteiger partial charge < -0.3 is 10.6 Å². The minimum absolute atomic E-state index is 0.0856. The fraction of sp³-hybridized carbons (Fsp3) is 0.700. The standard InChI is InChI=1S/C10H18N2OS/c1-7(14-3)4-12-10(13)8(2)9-5-11-6-9/h7,11H,4-6H2,1-3H3,(H,12,13). The van der Waals surface area contributed by atoms with E-state index in [-0.39, 0.29) is 5.91 Å². The van der Waals surface area contributed by atoms with Gasteiger partial charge in [-0.2, -0.15) is 11.8 Å². The van der Waals surface area contributed by atoms with E-state index in [1.54, 1.807) is 11.8 Å². The number of rotatable bonds is 4. The van der Waals surface area contributed by atoms with Crippen LogP contribution < -0.4 is 10.6 Å². The molecule has 1 atom stereocenters. The van der Waals surface area contributed by atoms with E-state index in [1.165, 1.54) is 5.57 Å². The number of nitrogens with one attached hydrogen (secondary N) is 2. The fourth-order valence-electron chi connectivity index (χ4n) is 1.13. The predicted octanol–water partition coefficient (Wildman–Crippen LogP) is 0.774. The Labute approximate surface area is 89.7 Å². The van der Waals surface area contributed by atoms with Crippen LogP contribution in [0.15, 0.2) is 11.1 Å². The Bertz CT molecular complexity index is 245. The van der Waals surface area contributed by atoms with E-state index >= 15 is 0 Å². The van der Waals surface area contributed by atoms with E-state index in [1.807, 2.05) is 6.92 Å². The summed E-state index contributed by atoms with van der Waals surface area (Å²) in [7, 11) is 0. The maximum absolute atomic E-state index is 11.6. The van der Waals surface area contributed by atoms with Crippen molar-refractivity contribution < 1.29 is 4.79 Å². The Balaban J connectivity index is 2.34. The van der Waals surface area contributed by atoms with Gasteiger partial charge in [0, 0.05) is 30.5 Å². The number of amides is 1. The van der Waals surface area contributed by atoms with Crippen molar-refractivity contribution in [2.24, 2.45) is 0 Å². The van der Waals surface area contributed by atoms with Crippen molar-refractivity contribution in [3.63, 3.8) is 0 Å². The van der Waals surface area contributed by atoms with E-state index in [9.17, 15) is 4.79 Å². The molecule has 0 aliphatic carbocycles. The van der Waals surface area contributed by atoms with Gasteiger partial charge in [0.05, 0.1) is 0 Å². The van der Waals surface area contributed by atoms with Crippen LogP contribution in [-0.4, -0.2) is 37.0 Å². The lowest BCUT2D eigenvalue weighted by Crippen LogP contribution is -2.38. The molecule has 0 saturated carbocycles. The molecule has 1 rings (SSSR count). The maximum Gasteiger partial charge on any atom is 0.247 e. The second-order valence-corrected chi connectivity index (χ2v) is 4.86. The molecule has 1 aliphatic heterocycles. The van der Waals surface area contributed by atoms with Crippen LogP contribution in [-0.2, 0) is 4.79 Å². The molecule has 2 N–H and O–H groups in total. The third kappa shape index (κ3) is 3.03. The molecule has 1 heterocycles. The van der Waals surface area contributed by atoms with Crippen LogP contribution >= 0.6 is 11.8 Å². The quantitative estimate of drug-likeness (QED) is 0.679. The number of hydrogen-bond donors (Lipinski definition) is 2. The molecule has 4 heteroatoms.